The van der Waals surface area contributed by atoms with Gasteiger partial charge in [-0.25, -0.2) is 12.8 Å². The first-order chi connectivity index (χ1) is 14.3. The molecule has 0 heterocycles. The van der Waals surface area contributed by atoms with Gasteiger partial charge in [0.1, 0.15) is 11.6 Å². The Hall–Kier alpha value is -3.23. The van der Waals surface area contributed by atoms with E-state index in [1.54, 1.807) is 37.3 Å². The summed E-state index contributed by atoms with van der Waals surface area (Å²) in [6.45, 7) is 1.55. The van der Waals surface area contributed by atoms with E-state index in [4.69, 9.17) is 4.74 Å². The molecule has 3 rings (SSSR count). The van der Waals surface area contributed by atoms with E-state index in [-0.39, 0.29) is 16.9 Å². The first-order valence-electron chi connectivity index (χ1n) is 9.07. The van der Waals surface area contributed by atoms with Gasteiger partial charge < -0.3 is 4.74 Å². The fourth-order valence-corrected chi connectivity index (χ4v) is 3.88. The summed E-state index contributed by atoms with van der Waals surface area (Å²) >= 11 is 0. The Morgan fingerprint density at radius 3 is 2.43 bits per heavy atom. The van der Waals surface area contributed by atoms with Gasteiger partial charge >= 0.3 is 0 Å². The van der Waals surface area contributed by atoms with Crippen molar-refractivity contribution in [3.05, 3.63) is 89.2 Å². The summed E-state index contributed by atoms with van der Waals surface area (Å²) < 4.78 is 44.2. The zero-order valence-electron chi connectivity index (χ0n) is 16.5. The van der Waals surface area contributed by atoms with E-state index in [0.717, 1.165) is 5.56 Å². The smallest absolute Gasteiger partial charge is 0.269 e. The Kier molecular flexibility index (Phi) is 6.49. The van der Waals surface area contributed by atoms with E-state index in [2.05, 4.69) is 5.43 Å². The molecule has 3 aromatic rings. The van der Waals surface area contributed by atoms with Crippen LogP contribution in [-0.4, -0.2) is 21.4 Å². The number of carbonyl (C=O) groups is 1. The Morgan fingerprint density at radius 2 is 1.73 bits per heavy atom. The van der Waals surface area contributed by atoms with Gasteiger partial charge in [-0.15, -0.1) is 4.83 Å². The number of carbonyl (C=O) groups excluding carboxylic acids is 1. The summed E-state index contributed by atoms with van der Waals surface area (Å²) in [6, 6.07) is 18.8. The molecule has 0 aliphatic carbocycles. The molecular weight excluding hydrogens is 407 g/mol. The highest BCUT2D eigenvalue weighted by Crippen LogP contribution is 2.24. The number of rotatable bonds is 7. The number of hydrogen-bond donors (Lipinski definition) is 2. The number of methoxy groups -OCH3 is 1. The molecule has 156 valence electrons. The van der Waals surface area contributed by atoms with E-state index in [1.165, 1.54) is 13.2 Å². The molecule has 0 saturated carbocycles. The molecule has 0 aliphatic heterocycles. The molecule has 2 N–H and O–H groups in total. The monoisotopic (exact) mass is 428 g/mol. The molecule has 8 heteroatoms. The molecule has 0 bridgehead atoms. The molecule has 0 aromatic heterocycles. The number of halogens is 1. The highest BCUT2D eigenvalue weighted by molar-refractivity contribution is 7.88. The molecular formula is C22H21FN2O4S. The lowest BCUT2D eigenvalue weighted by Crippen LogP contribution is -2.42. The molecule has 3 aromatic carbocycles. The van der Waals surface area contributed by atoms with Gasteiger partial charge in [0.2, 0.25) is 10.0 Å². The average molecular weight is 428 g/mol. The van der Waals surface area contributed by atoms with E-state index < -0.39 is 21.7 Å². The topological polar surface area (TPSA) is 84.5 Å². The molecule has 0 fully saturated rings. The van der Waals surface area contributed by atoms with Gasteiger partial charge in [0.25, 0.3) is 5.91 Å². The molecule has 30 heavy (non-hydrogen) atoms. The van der Waals surface area contributed by atoms with Gasteiger partial charge in [0.05, 0.1) is 18.4 Å². The minimum absolute atomic E-state index is 0.252. The van der Waals surface area contributed by atoms with Crippen LogP contribution in [0, 0.1) is 12.7 Å². The highest BCUT2D eigenvalue weighted by atomic mass is 32.2. The van der Waals surface area contributed by atoms with Crippen molar-refractivity contribution >= 4 is 15.9 Å². The van der Waals surface area contributed by atoms with Crippen LogP contribution in [0.15, 0.2) is 66.7 Å². The van der Waals surface area contributed by atoms with Gasteiger partial charge in [0.15, 0.2) is 0 Å². The summed E-state index contributed by atoms with van der Waals surface area (Å²) in [5.74, 6) is -1.46. The minimum atomic E-state index is -3.91. The fourth-order valence-electron chi connectivity index (χ4n) is 2.94. The lowest BCUT2D eigenvalue weighted by molar-refractivity contribution is 0.0941. The van der Waals surface area contributed by atoms with E-state index >= 15 is 0 Å². The van der Waals surface area contributed by atoms with Crippen molar-refractivity contribution in [1.82, 2.24) is 10.3 Å². The summed E-state index contributed by atoms with van der Waals surface area (Å²) in [7, 11) is -2.43. The maximum atomic E-state index is 14.5. The maximum Gasteiger partial charge on any atom is 0.269 e. The Labute approximate surface area is 174 Å². The number of ether oxygens (including phenoxy) is 1. The Morgan fingerprint density at radius 1 is 1.00 bits per heavy atom. The number of sulfonamides is 1. The average Bonchev–Trinajstić information content (AvgIpc) is 2.74. The maximum absolute atomic E-state index is 14.5. The van der Waals surface area contributed by atoms with Crippen LogP contribution in [-0.2, 0) is 15.8 Å². The minimum Gasteiger partial charge on any atom is -0.497 e. The molecule has 0 saturated heterocycles. The van der Waals surface area contributed by atoms with Crippen LogP contribution in [0.25, 0.3) is 11.1 Å². The number of benzene rings is 3. The van der Waals surface area contributed by atoms with Crippen LogP contribution in [0.2, 0.25) is 0 Å². The predicted octanol–water partition coefficient (Wildman–Crippen LogP) is 3.57. The van der Waals surface area contributed by atoms with Crippen LogP contribution >= 0.6 is 0 Å². The van der Waals surface area contributed by atoms with Crippen molar-refractivity contribution in [2.24, 2.45) is 0 Å². The Bertz CT molecular complexity index is 1170. The SMILES string of the molecule is COc1cccc(CS(=O)(=O)NNC(=O)c2cc(-c3ccccc3)cc(C)c2F)c1. The summed E-state index contributed by atoms with van der Waals surface area (Å²) in [6.07, 6.45) is 0. The van der Waals surface area contributed by atoms with Crippen LogP contribution in [0.1, 0.15) is 21.5 Å². The molecule has 6 nitrogen and oxygen atoms in total. The quantitative estimate of drug-likeness (QED) is 0.564. The fraction of sp³-hybridized carbons (Fsp3) is 0.136. The molecule has 0 aliphatic rings. The largest absolute Gasteiger partial charge is 0.497 e. The highest BCUT2D eigenvalue weighted by Gasteiger charge is 2.19. The van der Waals surface area contributed by atoms with Crippen LogP contribution in [0.3, 0.4) is 0 Å². The Balaban J connectivity index is 1.76. The number of amides is 1. The van der Waals surface area contributed by atoms with E-state index in [1.807, 2.05) is 35.2 Å². The van der Waals surface area contributed by atoms with Crippen LogP contribution in [0.5, 0.6) is 5.75 Å². The molecule has 1 amide bonds. The number of hydrazine groups is 1. The van der Waals surface area contributed by atoms with Crippen molar-refractivity contribution in [3.8, 4) is 16.9 Å². The zero-order chi connectivity index (χ0) is 21.7. The van der Waals surface area contributed by atoms with Crippen molar-refractivity contribution in [2.75, 3.05) is 7.11 Å². The van der Waals surface area contributed by atoms with E-state index in [9.17, 15) is 17.6 Å². The standard InChI is InChI=1S/C22H21FN2O4S/c1-15-11-18(17-8-4-3-5-9-17)13-20(21(15)23)22(26)24-25-30(27,28)14-16-7-6-10-19(12-16)29-2/h3-13,25H,14H2,1-2H3,(H,24,26). The lowest BCUT2D eigenvalue weighted by Gasteiger charge is -2.12. The second-order valence-electron chi connectivity index (χ2n) is 6.69. The first kappa shape index (κ1) is 21.5. The van der Waals surface area contributed by atoms with Crippen LogP contribution < -0.4 is 15.0 Å². The summed E-state index contributed by atoms with van der Waals surface area (Å²) in [5.41, 5.74) is 4.05. The van der Waals surface area contributed by atoms with Gasteiger partial charge in [-0.3, -0.25) is 10.2 Å². The summed E-state index contributed by atoms with van der Waals surface area (Å²) in [4.78, 5) is 14.5. The van der Waals surface area contributed by atoms with Gasteiger partial charge in [0, 0.05) is 0 Å². The van der Waals surface area contributed by atoms with Crippen molar-refractivity contribution in [3.63, 3.8) is 0 Å². The van der Waals surface area contributed by atoms with Gasteiger partial charge in [-0.1, -0.05) is 42.5 Å². The van der Waals surface area contributed by atoms with Crippen molar-refractivity contribution in [1.29, 1.82) is 0 Å². The van der Waals surface area contributed by atoms with Crippen LogP contribution in [0.4, 0.5) is 4.39 Å². The van der Waals surface area contributed by atoms with Crippen molar-refractivity contribution in [2.45, 2.75) is 12.7 Å². The number of nitrogens with one attached hydrogen (secondary N) is 2. The molecule has 0 radical (unpaired) electrons. The molecule has 0 unspecified atom stereocenters. The molecule has 0 atom stereocenters. The van der Waals surface area contributed by atoms with Gasteiger partial charge in [-0.05, 0) is 53.4 Å². The van der Waals surface area contributed by atoms with E-state index in [0.29, 0.717) is 16.9 Å². The summed E-state index contributed by atoms with van der Waals surface area (Å²) in [5, 5.41) is 0. The third kappa shape index (κ3) is 5.22. The first-order valence-corrected chi connectivity index (χ1v) is 10.7. The number of hydrogen-bond acceptors (Lipinski definition) is 4. The zero-order valence-corrected chi connectivity index (χ0v) is 17.3. The number of aryl methyl sites for hydroxylation is 1. The second kappa shape index (κ2) is 9.06. The van der Waals surface area contributed by atoms with Gasteiger partial charge in [-0.2, -0.15) is 0 Å². The third-order valence-corrected chi connectivity index (χ3v) is 5.54. The predicted molar refractivity (Wildman–Crippen MR) is 113 cm³/mol. The van der Waals surface area contributed by atoms with Crippen molar-refractivity contribution < 1.29 is 22.3 Å². The third-order valence-electron chi connectivity index (χ3n) is 4.42. The lowest BCUT2D eigenvalue weighted by atomic mass is 9.99. The molecule has 0 spiro atoms. The second-order valence-corrected chi connectivity index (χ2v) is 8.41. The normalized spacial score (nSPS) is 11.2.